The predicted molar refractivity (Wildman–Crippen MR) is 72.8 cm³/mol. The van der Waals surface area contributed by atoms with Crippen LogP contribution in [-0.4, -0.2) is 55.9 Å². The van der Waals surface area contributed by atoms with E-state index in [0.717, 1.165) is 39.1 Å². The first kappa shape index (κ1) is 15.2. The van der Waals surface area contributed by atoms with E-state index in [9.17, 15) is 4.79 Å². The lowest BCUT2D eigenvalue weighted by atomic mass is 10.1. The summed E-state index contributed by atoms with van der Waals surface area (Å²) in [7, 11) is 0. The molecule has 1 fully saturated rings. The first-order chi connectivity index (χ1) is 8.67. The number of ether oxygens (including phenoxy) is 1. The van der Waals surface area contributed by atoms with Crippen molar-refractivity contribution in [1.82, 2.24) is 15.5 Å². The highest BCUT2D eigenvalue weighted by molar-refractivity contribution is 5.74. The Morgan fingerprint density at radius 1 is 1.33 bits per heavy atom. The summed E-state index contributed by atoms with van der Waals surface area (Å²) < 4.78 is 5.26. The van der Waals surface area contributed by atoms with Gasteiger partial charge in [0.05, 0.1) is 0 Å². The van der Waals surface area contributed by atoms with Gasteiger partial charge < -0.3 is 15.4 Å². The minimum Gasteiger partial charge on any atom is -0.381 e. The van der Waals surface area contributed by atoms with Gasteiger partial charge >= 0.3 is 6.03 Å². The lowest BCUT2D eigenvalue weighted by Gasteiger charge is -2.27. The van der Waals surface area contributed by atoms with Gasteiger partial charge in [0.25, 0.3) is 0 Å². The van der Waals surface area contributed by atoms with Gasteiger partial charge in [-0.2, -0.15) is 0 Å². The van der Waals surface area contributed by atoms with Crippen molar-refractivity contribution in [2.45, 2.75) is 45.7 Å². The third kappa shape index (κ3) is 5.23. The van der Waals surface area contributed by atoms with E-state index in [1.165, 1.54) is 0 Å². The number of nitrogens with zero attached hydrogens (tertiary/aromatic N) is 1. The van der Waals surface area contributed by atoms with E-state index in [2.05, 4.69) is 36.3 Å². The summed E-state index contributed by atoms with van der Waals surface area (Å²) in [6.07, 6.45) is 1.83. The maximum absolute atomic E-state index is 11.7. The normalized spacial score (nSPS) is 18.7. The van der Waals surface area contributed by atoms with E-state index in [4.69, 9.17) is 4.74 Å². The zero-order chi connectivity index (χ0) is 13.4. The van der Waals surface area contributed by atoms with Crippen LogP contribution >= 0.6 is 0 Å². The number of hydrogen-bond acceptors (Lipinski definition) is 3. The number of carbonyl (C=O) groups excluding carboxylic acids is 1. The molecule has 2 amide bonds. The van der Waals surface area contributed by atoms with E-state index in [0.29, 0.717) is 12.6 Å². The van der Waals surface area contributed by atoms with E-state index in [1.807, 2.05) is 0 Å². The molecule has 0 aliphatic carbocycles. The molecule has 1 saturated heterocycles. The van der Waals surface area contributed by atoms with Crippen LogP contribution in [0.1, 0.15) is 33.6 Å². The van der Waals surface area contributed by atoms with Crippen LogP contribution in [0.25, 0.3) is 0 Å². The van der Waals surface area contributed by atoms with Crippen molar-refractivity contribution in [3.8, 4) is 0 Å². The first-order valence-corrected chi connectivity index (χ1v) is 7.03. The number of carbonyl (C=O) groups is 1. The highest BCUT2D eigenvalue weighted by atomic mass is 16.5. The van der Waals surface area contributed by atoms with Crippen molar-refractivity contribution in [1.29, 1.82) is 0 Å². The average molecular weight is 257 g/mol. The Hall–Kier alpha value is -0.810. The fraction of sp³-hybridized carbons (Fsp3) is 0.923. The molecule has 1 atom stereocenters. The van der Waals surface area contributed by atoms with Crippen molar-refractivity contribution in [2.24, 2.45) is 0 Å². The molecule has 0 aromatic carbocycles. The summed E-state index contributed by atoms with van der Waals surface area (Å²) in [6, 6.07) is 0.587. The average Bonchev–Trinajstić information content (AvgIpc) is 2.39. The number of rotatable bonds is 6. The van der Waals surface area contributed by atoms with E-state index < -0.39 is 0 Å². The van der Waals surface area contributed by atoms with Crippen LogP contribution in [0, 0.1) is 0 Å². The summed E-state index contributed by atoms with van der Waals surface area (Å²) >= 11 is 0. The number of likely N-dealkylation sites (N-methyl/N-ethyl adjacent to an activating group) is 1. The Morgan fingerprint density at radius 3 is 2.50 bits per heavy atom. The molecule has 18 heavy (non-hydrogen) atoms. The third-order valence-corrected chi connectivity index (χ3v) is 3.55. The summed E-state index contributed by atoms with van der Waals surface area (Å²) in [5, 5.41) is 5.95. The highest BCUT2D eigenvalue weighted by Gasteiger charge is 2.16. The van der Waals surface area contributed by atoms with Gasteiger partial charge in [-0.15, -0.1) is 0 Å². The van der Waals surface area contributed by atoms with Gasteiger partial charge in [0.1, 0.15) is 0 Å². The molecular weight excluding hydrogens is 230 g/mol. The maximum Gasteiger partial charge on any atom is 0.315 e. The molecule has 0 aromatic heterocycles. The summed E-state index contributed by atoms with van der Waals surface area (Å²) in [5.41, 5.74) is 0. The first-order valence-electron chi connectivity index (χ1n) is 7.03. The molecule has 106 valence electrons. The van der Waals surface area contributed by atoms with Crippen LogP contribution < -0.4 is 10.6 Å². The molecule has 1 aliphatic rings. The fourth-order valence-electron chi connectivity index (χ4n) is 2.29. The smallest absolute Gasteiger partial charge is 0.315 e. The molecule has 5 nitrogen and oxygen atoms in total. The maximum atomic E-state index is 11.7. The molecule has 0 spiro atoms. The summed E-state index contributed by atoms with van der Waals surface area (Å²) in [5.74, 6) is 0. The molecular formula is C13H27N3O2. The van der Waals surface area contributed by atoms with Crippen LogP contribution in [0.4, 0.5) is 4.79 Å². The number of nitrogens with one attached hydrogen (secondary N) is 2. The molecule has 0 aromatic rings. The zero-order valence-corrected chi connectivity index (χ0v) is 11.9. The monoisotopic (exact) mass is 257 g/mol. The Balaban J connectivity index is 2.19. The second-order valence-corrected chi connectivity index (χ2v) is 4.81. The second-order valence-electron chi connectivity index (χ2n) is 4.81. The number of urea groups is 1. The molecule has 2 N–H and O–H groups in total. The molecule has 1 aliphatic heterocycles. The Bertz CT molecular complexity index is 238. The van der Waals surface area contributed by atoms with Crippen LogP contribution in [0.15, 0.2) is 0 Å². The van der Waals surface area contributed by atoms with Gasteiger partial charge in [0.2, 0.25) is 0 Å². The third-order valence-electron chi connectivity index (χ3n) is 3.55. The van der Waals surface area contributed by atoms with Crippen LogP contribution in [0.2, 0.25) is 0 Å². The summed E-state index contributed by atoms with van der Waals surface area (Å²) in [6.45, 7) is 10.6. The van der Waals surface area contributed by atoms with Gasteiger partial charge in [-0.1, -0.05) is 13.8 Å². The van der Waals surface area contributed by atoms with Crippen molar-refractivity contribution >= 4 is 6.03 Å². The molecule has 5 heteroatoms. The van der Waals surface area contributed by atoms with E-state index in [-0.39, 0.29) is 12.1 Å². The van der Waals surface area contributed by atoms with Gasteiger partial charge in [-0.25, -0.2) is 4.79 Å². The quantitative estimate of drug-likeness (QED) is 0.751. The molecule has 1 unspecified atom stereocenters. The largest absolute Gasteiger partial charge is 0.381 e. The van der Waals surface area contributed by atoms with Crippen LogP contribution in [0.3, 0.4) is 0 Å². The van der Waals surface area contributed by atoms with Gasteiger partial charge in [-0.3, -0.25) is 4.90 Å². The summed E-state index contributed by atoms with van der Waals surface area (Å²) in [4.78, 5) is 14.1. The zero-order valence-electron chi connectivity index (χ0n) is 11.9. The lowest BCUT2D eigenvalue weighted by molar-refractivity contribution is 0.0800. The van der Waals surface area contributed by atoms with Crippen LogP contribution in [0.5, 0.6) is 0 Å². The minimum absolute atomic E-state index is 0.0547. The Labute approximate surface area is 110 Å². The fourth-order valence-corrected chi connectivity index (χ4v) is 2.29. The lowest BCUT2D eigenvalue weighted by Crippen LogP contribution is -2.48. The highest BCUT2D eigenvalue weighted by Crippen LogP contribution is 2.05. The molecule has 1 rings (SSSR count). The van der Waals surface area contributed by atoms with Crippen molar-refractivity contribution in [3.63, 3.8) is 0 Å². The van der Waals surface area contributed by atoms with Crippen molar-refractivity contribution in [2.75, 3.05) is 32.8 Å². The van der Waals surface area contributed by atoms with Gasteiger partial charge in [-0.05, 0) is 32.9 Å². The Morgan fingerprint density at radius 2 is 1.94 bits per heavy atom. The molecule has 0 saturated carbocycles. The predicted octanol–water partition coefficient (Wildman–Crippen LogP) is 1.19. The van der Waals surface area contributed by atoms with E-state index in [1.54, 1.807) is 0 Å². The van der Waals surface area contributed by atoms with Crippen molar-refractivity contribution < 1.29 is 9.53 Å². The topological polar surface area (TPSA) is 53.6 Å². The standard InChI is InChI=1S/C13H27N3O2/c1-4-16(5-2)11(3)10-14-13(17)15-12-6-8-18-9-7-12/h11-12H,4-10H2,1-3H3,(H2,14,15,17). The van der Waals surface area contributed by atoms with Gasteiger partial charge in [0.15, 0.2) is 0 Å². The number of hydrogen-bond donors (Lipinski definition) is 2. The van der Waals surface area contributed by atoms with E-state index >= 15 is 0 Å². The SMILES string of the molecule is CCN(CC)C(C)CNC(=O)NC1CCOCC1. The number of amides is 2. The second kappa shape index (κ2) is 8.32. The molecule has 1 heterocycles. The van der Waals surface area contributed by atoms with Crippen molar-refractivity contribution in [3.05, 3.63) is 0 Å². The Kier molecular flexibility index (Phi) is 7.05. The van der Waals surface area contributed by atoms with Crippen LogP contribution in [-0.2, 0) is 4.74 Å². The minimum atomic E-state index is -0.0547. The molecule has 0 radical (unpaired) electrons. The molecule has 0 bridgehead atoms. The van der Waals surface area contributed by atoms with Gasteiger partial charge in [0, 0.05) is 31.8 Å².